The molecule has 1 aromatic heterocycles. The third-order valence-corrected chi connectivity index (χ3v) is 2.99. The van der Waals surface area contributed by atoms with Gasteiger partial charge in [0.25, 0.3) is 0 Å². The average Bonchev–Trinajstić information content (AvgIpc) is 2.73. The van der Waals surface area contributed by atoms with Crippen LogP contribution < -0.4 is 4.74 Å². The van der Waals surface area contributed by atoms with Crippen molar-refractivity contribution < 1.29 is 9.66 Å². The maximum absolute atomic E-state index is 10.5. The van der Waals surface area contributed by atoms with Crippen LogP contribution in [0.15, 0.2) is 0 Å². The van der Waals surface area contributed by atoms with E-state index in [0.29, 0.717) is 6.01 Å². The molecule has 1 saturated carbocycles. The van der Waals surface area contributed by atoms with Gasteiger partial charge in [-0.25, -0.2) is 0 Å². The minimum atomic E-state index is -0.591. The minimum Gasteiger partial charge on any atom is -0.445 e. The molecule has 2 heterocycles. The van der Waals surface area contributed by atoms with Gasteiger partial charge < -0.3 is 14.9 Å². The summed E-state index contributed by atoms with van der Waals surface area (Å²) in [6.45, 7) is 0. The van der Waals surface area contributed by atoms with E-state index < -0.39 is 4.92 Å². The van der Waals surface area contributed by atoms with Crippen molar-refractivity contribution in [3.63, 3.8) is 0 Å². The van der Waals surface area contributed by atoms with Gasteiger partial charge in [-0.15, -0.1) is 4.68 Å². The highest BCUT2D eigenvalue weighted by atomic mass is 16.6. The third-order valence-electron chi connectivity index (χ3n) is 2.99. The van der Waals surface area contributed by atoms with Gasteiger partial charge in [-0.05, 0) is 29.2 Å². The van der Waals surface area contributed by atoms with E-state index >= 15 is 0 Å². The van der Waals surface area contributed by atoms with Gasteiger partial charge >= 0.3 is 12.0 Å². The average molecular weight is 210 g/mol. The van der Waals surface area contributed by atoms with E-state index in [2.05, 4.69) is 10.1 Å². The van der Waals surface area contributed by atoms with Crippen molar-refractivity contribution in [1.82, 2.24) is 14.8 Å². The van der Waals surface area contributed by atoms with Crippen LogP contribution in [0.25, 0.3) is 0 Å². The Morgan fingerprint density at radius 2 is 2.27 bits per heavy atom. The fraction of sp³-hybridized carbons (Fsp3) is 0.750. The van der Waals surface area contributed by atoms with Crippen LogP contribution in [0, 0.1) is 10.1 Å². The lowest BCUT2D eigenvalue weighted by Gasteiger charge is -2.21. The first-order valence-electron chi connectivity index (χ1n) is 5.03. The Bertz CT molecular complexity index is 416. The molecule has 0 saturated heterocycles. The summed E-state index contributed by atoms with van der Waals surface area (Å²) in [7, 11) is 0. The van der Waals surface area contributed by atoms with Crippen LogP contribution in [-0.2, 0) is 0 Å². The van der Waals surface area contributed by atoms with Gasteiger partial charge in [0.05, 0.1) is 0 Å². The zero-order chi connectivity index (χ0) is 10.4. The molecule has 7 nitrogen and oxygen atoms in total. The number of hydrogen-bond acceptors (Lipinski definition) is 5. The normalized spacial score (nSPS) is 28.0. The van der Waals surface area contributed by atoms with Gasteiger partial charge in [0.1, 0.15) is 12.1 Å². The van der Waals surface area contributed by atoms with Crippen molar-refractivity contribution in [3.05, 3.63) is 10.1 Å². The molecule has 1 aliphatic heterocycles. The van der Waals surface area contributed by atoms with E-state index in [1.54, 1.807) is 4.68 Å². The Balaban J connectivity index is 1.96. The summed E-state index contributed by atoms with van der Waals surface area (Å²) < 4.78 is 7.10. The smallest absolute Gasteiger partial charge is 0.445 e. The van der Waals surface area contributed by atoms with Gasteiger partial charge in [-0.3, -0.25) is 0 Å². The van der Waals surface area contributed by atoms with E-state index in [1.165, 1.54) is 0 Å². The Hall–Kier alpha value is -1.66. The molecule has 0 aromatic carbocycles. The maximum Gasteiger partial charge on any atom is 0.494 e. The van der Waals surface area contributed by atoms with Crippen molar-refractivity contribution in [2.75, 3.05) is 0 Å². The first kappa shape index (κ1) is 8.63. The molecule has 1 aliphatic carbocycles. The van der Waals surface area contributed by atoms with Crippen LogP contribution in [0.4, 0.5) is 5.95 Å². The quantitative estimate of drug-likeness (QED) is 0.511. The summed E-state index contributed by atoms with van der Waals surface area (Å²) in [6.07, 6.45) is 4.35. The summed E-state index contributed by atoms with van der Waals surface area (Å²) in [4.78, 5) is 13.6. The lowest BCUT2D eigenvalue weighted by Crippen LogP contribution is -2.25. The molecule has 0 amide bonds. The fourth-order valence-electron chi connectivity index (χ4n) is 2.30. The molecular formula is C8H10N4O3. The Morgan fingerprint density at radius 1 is 1.47 bits per heavy atom. The number of nitrogens with zero attached hydrogens (tertiary/aromatic N) is 4. The van der Waals surface area contributed by atoms with Crippen molar-refractivity contribution in [2.24, 2.45) is 0 Å². The predicted molar refractivity (Wildman–Crippen MR) is 48.6 cm³/mol. The fourth-order valence-corrected chi connectivity index (χ4v) is 2.30. The monoisotopic (exact) mass is 210 g/mol. The highest BCUT2D eigenvalue weighted by Gasteiger charge is 2.43. The summed E-state index contributed by atoms with van der Waals surface area (Å²) in [5.41, 5.74) is 0. The number of aromatic nitrogens is 3. The second-order valence-corrected chi connectivity index (χ2v) is 3.90. The van der Waals surface area contributed by atoms with Crippen LogP contribution in [0.5, 0.6) is 6.01 Å². The van der Waals surface area contributed by atoms with Gasteiger partial charge in [0.2, 0.25) is 0 Å². The number of hydrogen-bond donors (Lipinski definition) is 0. The lowest BCUT2D eigenvalue weighted by atomic mass is 9.93. The minimum absolute atomic E-state index is 0.120. The molecule has 2 atom stereocenters. The summed E-state index contributed by atoms with van der Waals surface area (Å²) in [5, 5.41) is 14.3. The zero-order valence-corrected chi connectivity index (χ0v) is 8.00. The Labute approximate surface area is 85.2 Å². The second kappa shape index (κ2) is 2.91. The second-order valence-electron chi connectivity index (χ2n) is 3.90. The lowest BCUT2D eigenvalue weighted by molar-refractivity contribution is -0.394. The number of nitro groups is 1. The Kier molecular flexibility index (Phi) is 1.68. The van der Waals surface area contributed by atoms with E-state index in [-0.39, 0.29) is 18.1 Å². The van der Waals surface area contributed by atoms with Gasteiger partial charge in [0, 0.05) is 5.10 Å². The SMILES string of the molecule is O=[N+]([O-])c1nc2n(n1)[C@H]1CCCC[C@H]1O2. The van der Waals surface area contributed by atoms with Gasteiger partial charge in [0.15, 0.2) is 0 Å². The van der Waals surface area contributed by atoms with Crippen molar-refractivity contribution in [3.8, 4) is 6.01 Å². The first-order chi connectivity index (χ1) is 7.25. The largest absolute Gasteiger partial charge is 0.494 e. The molecule has 1 aromatic rings. The molecule has 0 bridgehead atoms. The standard InChI is InChI=1S/C8H10N4O3/c13-12(14)7-9-8-11(10-7)5-3-1-2-4-6(5)15-8/h5-6H,1-4H2/t5-,6+/m0/s1. The molecule has 3 rings (SSSR count). The maximum atomic E-state index is 10.5. The molecule has 7 heteroatoms. The number of rotatable bonds is 1. The van der Waals surface area contributed by atoms with Crippen LogP contribution in [-0.4, -0.2) is 25.8 Å². The topological polar surface area (TPSA) is 83.1 Å². The van der Waals surface area contributed by atoms with E-state index in [4.69, 9.17) is 4.74 Å². The van der Waals surface area contributed by atoms with E-state index in [1.807, 2.05) is 0 Å². The third kappa shape index (κ3) is 1.19. The first-order valence-corrected chi connectivity index (χ1v) is 5.03. The molecule has 0 unspecified atom stereocenters. The molecule has 0 N–H and O–H groups in total. The van der Waals surface area contributed by atoms with Gasteiger partial charge in [-0.1, -0.05) is 6.42 Å². The highest BCUT2D eigenvalue weighted by molar-refractivity contribution is 5.14. The molecule has 0 spiro atoms. The number of fused-ring (bicyclic) bond motifs is 3. The molecular weight excluding hydrogens is 200 g/mol. The van der Waals surface area contributed by atoms with Crippen molar-refractivity contribution in [1.29, 1.82) is 0 Å². The van der Waals surface area contributed by atoms with Crippen molar-refractivity contribution >= 4 is 5.95 Å². The summed E-state index contributed by atoms with van der Waals surface area (Å²) in [5.74, 6) is -0.367. The Morgan fingerprint density at radius 3 is 3.07 bits per heavy atom. The highest BCUT2D eigenvalue weighted by Crippen LogP contribution is 2.39. The summed E-state index contributed by atoms with van der Waals surface area (Å²) in [6, 6.07) is 0.452. The molecule has 0 radical (unpaired) electrons. The van der Waals surface area contributed by atoms with Crippen LogP contribution in [0.2, 0.25) is 0 Å². The number of ether oxygens (including phenoxy) is 1. The van der Waals surface area contributed by atoms with Crippen LogP contribution >= 0.6 is 0 Å². The molecule has 2 aliphatic rings. The van der Waals surface area contributed by atoms with Gasteiger partial charge in [-0.2, -0.15) is 0 Å². The van der Waals surface area contributed by atoms with Crippen LogP contribution in [0.3, 0.4) is 0 Å². The molecule has 1 fully saturated rings. The zero-order valence-electron chi connectivity index (χ0n) is 8.00. The predicted octanol–water partition coefficient (Wildman–Crippen LogP) is 1.06. The van der Waals surface area contributed by atoms with E-state index in [0.717, 1.165) is 25.7 Å². The van der Waals surface area contributed by atoms with Crippen LogP contribution in [0.1, 0.15) is 31.7 Å². The summed E-state index contributed by atoms with van der Waals surface area (Å²) >= 11 is 0. The molecule has 15 heavy (non-hydrogen) atoms. The molecule has 80 valence electrons. The van der Waals surface area contributed by atoms with E-state index in [9.17, 15) is 10.1 Å². The van der Waals surface area contributed by atoms with Crippen molar-refractivity contribution in [2.45, 2.75) is 37.8 Å².